The van der Waals surface area contributed by atoms with Crippen LogP contribution in [0.4, 0.5) is 0 Å². The second-order valence-corrected chi connectivity index (χ2v) is 8.78. The lowest BCUT2D eigenvalue weighted by Gasteiger charge is -2.13. The minimum absolute atomic E-state index is 0.000359. The Hall–Kier alpha value is -2.12. The first-order valence-corrected chi connectivity index (χ1v) is 11.3. The van der Waals surface area contributed by atoms with Crippen molar-refractivity contribution >= 4 is 39.3 Å². The number of carbonyl (C=O) groups is 1. The maximum absolute atomic E-state index is 13.5. The van der Waals surface area contributed by atoms with Gasteiger partial charge < -0.3 is 4.74 Å². The summed E-state index contributed by atoms with van der Waals surface area (Å²) in [7, 11) is 0. The Morgan fingerprint density at radius 2 is 2.04 bits per heavy atom. The van der Waals surface area contributed by atoms with Crippen LogP contribution in [0.25, 0.3) is 10.2 Å². The third-order valence-electron chi connectivity index (χ3n) is 4.85. The van der Waals surface area contributed by atoms with E-state index in [1.165, 1.54) is 28.6 Å². The summed E-state index contributed by atoms with van der Waals surface area (Å²) < 4.78 is 6.74. The number of hydrogen-bond acceptors (Lipinski definition) is 6. The van der Waals surface area contributed by atoms with Crippen LogP contribution in [0.1, 0.15) is 35.8 Å². The van der Waals surface area contributed by atoms with E-state index in [1.807, 2.05) is 30.3 Å². The van der Waals surface area contributed by atoms with E-state index in [9.17, 15) is 9.59 Å². The van der Waals surface area contributed by atoms with Gasteiger partial charge in [-0.3, -0.25) is 14.2 Å². The largest absolute Gasteiger partial charge is 0.465 e. The monoisotopic (exact) mass is 414 g/mol. The van der Waals surface area contributed by atoms with Gasteiger partial charge in [-0.25, -0.2) is 4.98 Å². The second kappa shape index (κ2) is 8.49. The summed E-state index contributed by atoms with van der Waals surface area (Å²) in [5.74, 6) is -0.148. The summed E-state index contributed by atoms with van der Waals surface area (Å²) in [5.41, 5.74) is 2.22. The number of nitrogens with zero attached hydrogens (tertiary/aromatic N) is 2. The number of esters is 1. The smallest absolute Gasteiger partial charge is 0.316 e. The van der Waals surface area contributed by atoms with Gasteiger partial charge in [-0.1, -0.05) is 42.1 Å². The fourth-order valence-corrected chi connectivity index (χ4v) is 5.66. The lowest BCUT2D eigenvalue weighted by molar-refractivity contribution is -0.139. The molecule has 0 N–H and O–H groups in total. The molecule has 28 heavy (non-hydrogen) atoms. The number of fused-ring (bicyclic) bond motifs is 3. The molecule has 146 valence electrons. The van der Waals surface area contributed by atoms with E-state index in [2.05, 4.69) is 0 Å². The normalized spacial score (nSPS) is 13.5. The Balaban J connectivity index is 1.79. The van der Waals surface area contributed by atoms with Gasteiger partial charge in [-0.2, -0.15) is 0 Å². The lowest BCUT2D eigenvalue weighted by atomic mass is 9.97. The van der Waals surface area contributed by atoms with Crippen LogP contribution in [-0.2, 0) is 28.9 Å². The number of hydrogen-bond donors (Lipinski definition) is 0. The Kier molecular flexibility index (Phi) is 5.82. The van der Waals surface area contributed by atoms with Gasteiger partial charge in [0.1, 0.15) is 4.83 Å². The number of aromatic nitrogens is 2. The SMILES string of the molecule is CCOC(=O)CSc1nc2sc3c(c2c(=O)n1Cc1ccccc1)CCCC3. The third-order valence-corrected chi connectivity index (χ3v) is 6.98. The number of thiophene rings is 1. The van der Waals surface area contributed by atoms with Crippen LogP contribution in [-0.4, -0.2) is 27.9 Å². The molecule has 7 heteroatoms. The zero-order chi connectivity index (χ0) is 19.5. The van der Waals surface area contributed by atoms with Crippen LogP contribution in [0.5, 0.6) is 0 Å². The third kappa shape index (κ3) is 3.86. The van der Waals surface area contributed by atoms with E-state index in [4.69, 9.17) is 9.72 Å². The highest BCUT2D eigenvalue weighted by molar-refractivity contribution is 7.99. The quantitative estimate of drug-likeness (QED) is 0.346. The van der Waals surface area contributed by atoms with E-state index in [0.717, 1.165) is 35.0 Å². The molecule has 5 nitrogen and oxygen atoms in total. The fraction of sp³-hybridized carbons (Fsp3) is 0.381. The lowest BCUT2D eigenvalue weighted by Crippen LogP contribution is -2.25. The van der Waals surface area contributed by atoms with Crippen molar-refractivity contribution < 1.29 is 9.53 Å². The molecule has 1 aromatic carbocycles. The van der Waals surface area contributed by atoms with Gasteiger partial charge >= 0.3 is 5.97 Å². The molecular formula is C21H22N2O3S2. The molecule has 3 aromatic rings. The van der Waals surface area contributed by atoms with E-state index in [-0.39, 0.29) is 17.3 Å². The molecule has 0 spiro atoms. The molecule has 2 aromatic heterocycles. The molecule has 2 heterocycles. The summed E-state index contributed by atoms with van der Waals surface area (Å²) in [6.07, 6.45) is 4.27. The number of rotatable bonds is 6. The van der Waals surface area contributed by atoms with Crippen LogP contribution in [0, 0.1) is 0 Å². The Labute approximate surface area is 171 Å². The highest BCUT2D eigenvalue weighted by Crippen LogP contribution is 2.34. The number of ether oxygens (including phenoxy) is 1. The van der Waals surface area contributed by atoms with E-state index in [1.54, 1.807) is 22.8 Å². The standard InChI is InChI=1S/C21H22N2O3S2/c1-2-26-17(24)13-27-21-22-19-18(15-10-6-7-11-16(15)28-19)20(25)23(21)12-14-8-4-3-5-9-14/h3-5,8-9H,2,6-7,10-13H2,1H3. The van der Waals surface area contributed by atoms with Gasteiger partial charge in [0, 0.05) is 4.88 Å². The first-order chi connectivity index (χ1) is 13.7. The van der Waals surface area contributed by atoms with E-state index in [0.29, 0.717) is 18.3 Å². The van der Waals surface area contributed by atoms with Gasteiger partial charge in [-0.15, -0.1) is 11.3 Å². The van der Waals surface area contributed by atoms with Crippen LogP contribution < -0.4 is 5.56 Å². The predicted octanol–water partition coefficient (Wildman–Crippen LogP) is 4.04. The molecule has 0 aliphatic heterocycles. The van der Waals surface area contributed by atoms with E-state index < -0.39 is 0 Å². The van der Waals surface area contributed by atoms with Gasteiger partial charge in [0.15, 0.2) is 5.16 Å². The van der Waals surface area contributed by atoms with Crippen molar-refractivity contribution in [3.8, 4) is 0 Å². The molecule has 0 fully saturated rings. The fourth-order valence-electron chi connectivity index (χ4n) is 3.56. The number of benzene rings is 1. The maximum Gasteiger partial charge on any atom is 0.316 e. The van der Waals surface area contributed by atoms with Gasteiger partial charge in [0.25, 0.3) is 5.56 Å². The topological polar surface area (TPSA) is 61.2 Å². The Morgan fingerprint density at radius 1 is 1.25 bits per heavy atom. The molecule has 0 atom stereocenters. The predicted molar refractivity (Wildman–Crippen MR) is 113 cm³/mol. The molecule has 1 aliphatic carbocycles. The van der Waals surface area contributed by atoms with Crippen LogP contribution in [0.2, 0.25) is 0 Å². The molecule has 4 rings (SSSR count). The average molecular weight is 415 g/mol. The highest BCUT2D eigenvalue weighted by atomic mass is 32.2. The van der Waals surface area contributed by atoms with Crippen molar-refractivity contribution in [2.75, 3.05) is 12.4 Å². The summed E-state index contributed by atoms with van der Waals surface area (Å²) >= 11 is 2.91. The summed E-state index contributed by atoms with van der Waals surface area (Å²) in [6, 6.07) is 9.88. The number of carbonyl (C=O) groups excluding carboxylic acids is 1. The molecule has 0 saturated heterocycles. The number of aryl methyl sites for hydroxylation is 2. The van der Waals surface area contributed by atoms with E-state index >= 15 is 0 Å². The molecule has 0 saturated carbocycles. The molecule has 1 aliphatic rings. The van der Waals surface area contributed by atoms with Crippen molar-refractivity contribution in [3.05, 3.63) is 56.7 Å². The van der Waals surface area contributed by atoms with Crippen molar-refractivity contribution in [2.45, 2.75) is 44.3 Å². The first-order valence-electron chi connectivity index (χ1n) is 9.54. The van der Waals surface area contributed by atoms with Gasteiger partial charge in [0.05, 0.1) is 24.3 Å². The summed E-state index contributed by atoms with van der Waals surface area (Å²) in [6.45, 7) is 2.58. The van der Waals surface area contributed by atoms with Crippen molar-refractivity contribution in [1.29, 1.82) is 0 Å². The average Bonchev–Trinajstić information content (AvgIpc) is 3.08. The maximum atomic E-state index is 13.5. The Bertz CT molecular complexity index is 1060. The van der Waals surface area contributed by atoms with Crippen LogP contribution in [0.15, 0.2) is 40.3 Å². The molecule has 0 bridgehead atoms. The second-order valence-electron chi connectivity index (χ2n) is 6.76. The van der Waals surface area contributed by atoms with Crippen LogP contribution >= 0.6 is 23.1 Å². The molecular weight excluding hydrogens is 392 g/mol. The minimum atomic E-state index is -0.293. The number of thioether (sulfide) groups is 1. The summed E-state index contributed by atoms with van der Waals surface area (Å²) in [5, 5.41) is 1.35. The minimum Gasteiger partial charge on any atom is -0.465 e. The molecule has 0 unspecified atom stereocenters. The zero-order valence-electron chi connectivity index (χ0n) is 15.8. The highest BCUT2D eigenvalue weighted by Gasteiger charge is 2.22. The first kappa shape index (κ1) is 19.2. The molecule has 0 amide bonds. The van der Waals surface area contributed by atoms with Crippen molar-refractivity contribution in [2.24, 2.45) is 0 Å². The summed E-state index contributed by atoms with van der Waals surface area (Å²) in [4.78, 5) is 32.2. The zero-order valence-corrected chi connectivity index (χ0v) is 17.4. The Morgan fingerprint density at radius 3 is 2.82 bits per heavy atom. The van der Waals surface area contributed by atoms with Gasteiger partial charge in [0.2, 0.25) is 0 Å². The van der Waals surface area contributed by atoms with Gasteiger partial charge in [-0.05, 0) is 43.7 Å². The van der Waals surface area contributed by atoms with Crippen LogP contribution in [0.3, 0.4) is 0 Å². The molecule has 0 radical (unpaired) electrons. The van der Waals surface area contributed by atoms with Crippen molar-refractivity contribution in [1.82, 2.24) is 9.55 Å². The van der Waals surface area contributed by atoms with Crippen molar-refractivity contribution in [3.63, 3.8) is 0 Å².